The normalized spacial score (nSPS) is 24.8. The van der Waals surface area contributed by atoms with Crippen molar-refractivity contribution in [1.82, 2.24) is 20.4 Å². The summed E-state index contributed by atoms with van der Waals surface area (Å²) in [6.45, 7) is 4.11. The van der Waals surface area contributed by atoms with Crippen LogP contribution in [0.4, 0.5) is 0 Å². The maximum absolute atomic E-state index is 11.9. The van der Waals surface area contributed by atoms with Gasteiger partial charge in [0.15, 0.2) is 5.96 Å². The zero-order valence-corrected chi connectivity index (χ0v) is 20.5. The smallest absolute Gasteiger partial charge is 0.243 e. The van der Waals surface area contributed by atoms with Gasteiger partial charge in [0.05, 0.1) is 6.10 Å². The Balaban J connectivity index is 0.00000300. The minimum Gasteiger partial charge on any atom is -0.376 e. The number of amides is 1. The lowest BCUT2D eigenvalue weighted by atomic mass is 9.92. The second-order valence-corrected chi connectivity index (χ2v) is 8.72. The van der Waals surface area contributed by atoms with Gasteiger partial charge in [0, 0.05) is 52.4 Å². The molecule has 7 nitrogen and oxygen atoms in total. The van der Waals surface area contributed by atoms with Gasteiger partial charge in [-0.25, -0.2) is 4.99 Å². The topological polar surface area (TPSA) is 69.2 Å². The Morgan fingerprint density at radius 2 is 1.79 bits per heavy atom. The van der Waals surface area contributed by atoms with Crippen LogP contribution in [0, 0.1) is 0 Å². The molecular weight excluding hydrogens is 481 g/mol. The van der Waals surface area contributed by atoms with Crippen LogP contribution in [0.1, 0.15) is 57.8 Å². The number of piperidine rings is 1. The first-order valence-electron chi connectivity index (χ1n) is 11.2. The number of nitrogens with zero attached hydrogens (tertiary/aromatic N) is 3. The maximum atomic E-state index is 11.9. The van der Waals surface area contributed by atoms with E-state index in [2.05, 4.69) is 20.5 Å². The molecule has 0 spiro atoms. The zero-order valence-electron chi connectivity index (χ0n) is 18.2. The number of carbonyl (C=O) groups is 1. The van der Waals surface area contributed by atoms with Crippen LogP contribution in [0.5, 0.6) is 0 Å². The van der Waals surface area contributed by atoms with Crippen molar-refractivity contribution in [3.05, 3.63) is 0 Å². The van der Waals surface area contributed by atoms with Crippen molar-refractivity contribution < 1.29 is 9.53 Å². The lowest BCUT2D eigenvalue weighted by Crippen LogP contribution is -2.51. The van der Waals surface area contributed by atoms with Crippen molar-refractivity contribution in [1.29, 1.82) is 0 Å². The van der Waals surface area contributed by atoms with Gasteiger partial charge in [-0.3, -0.25) is 4.79 Å². The number of guanidine groups is 1. The number of likely N-dealkylation sites (tertiary alicyclic amines) is 1. The van der Waals surface area contributed by atoms with Crippen LogP contribution >= 0.6 is 24.0 Å². The Morgan fingerprint density at radius 3 is 2.41 bits per heavy atom. The van der Waals surface area contributed by atoms with Gasteiger partial charge < -0.3 is 25.2 Å². The fourth-order valence-electron chi connectivity index (χ4n) is 4.51. The number of aliphatic imine (C=N–C) groups is 1. The monoisotopic (exact) mass is 521 g/mol. The molecule has 8 heteroatoms. The van der Waals surface area contributed by atoms with Gasteiger partial charge in [-0.05, 0) is 38.5 Å². The minimum atomic E-state index is 0. The van der Waals surface area contributed by atoms with Gasteiger partial charge in [-0.2, -0.15) is 0 Å². The number of hydrogen-bond acceptors (Lipinski definition) is 4. The quantitative estimate of drug-likeness (QED) is 0.319. The van der Waals surface area contributed by atoms with Gasteiger partial charge in [-0.15, -0.1) is 24.0 Å². The van der Waals surface area contributed by atoms with Crippen LogP contribution in [0.3, 0.4) is 0 Å². The second kappa shape index (κ2) is 12.9. The highest BCUT2D eigenvalue weighted by Gasteiger charge is 2.26. The molecule has 2 saturated heterocycles. The Kier molecular flexibility index (Phi) is 11.0. The Hall–Kier alpha value is -0.610. The minimum absolute atomic E-state index is 0. The first-order chi connectivity index (χ1) is 13.6. The number of nitrogens with one attached hydrogen (secondary N) is 2. The molecule has 0 aromatic carbocycles. The summed E-state index contributed by atoms with van der Waals surface area (Å²) in [5, 5.41) is 6.99. The molecule has 1 saturated carbocycles. The summed E-state index contributed by atoms with van der Waals surface area (Å²) < 4.78 is 5.71. The third-order valence-corrected chi connectivity index (χ3v) is 6.35. The fraction of sp³-hybridized carbons (Fsp3) is 0.905. The largest absolute Gasteiger partial charge is 0.376 e. The predicted octanol–water partition coefficient (Wildman–Crippen LogP) is 2.20. The first kappa shape index (κ1) is 24.7. The van der Waals surface area contributed by atoms with Crippen LogP contribution in [0.15, 0.2) is 4.99 Å². The van der Waals surface area contributed by atoms with E-state index in [1.54, 1.807) is 19.0 Å². The molecule has 3 aliphatic rings. The lowest BCUT2D eigenvalue weighted by molar-refractivity contribution is -0.127. The number of hydrogen-bond donors (Lipinski definition) is 2. The molecule has 0 radical (unpaired) electrons. The molecule has 1 amide bonds. The number of rotatable bonds is 6. The molecule has 168 valence electrons. The maximum Gasteiger partial charge on any atom is 0.243 e. The standard InChI is InChI=1S/C21H39N5O2.HI/c1-25(2)20(27)16-23-21(22-15-19-9-6-14-28-19)24-17-10-12-26(13-11-17)18-7-4-3-5-8-18;/h17-19H,3-16H2,1-2H3,(H2,22,23,24);1H. The molecule has 2 N–H and O–H groups in total. The van der Waals surface area contributed by atoms with E-state index in [4.69, 9.17) is 4.74 Å². The molecule has 0 aromatic heterocycles. The van der Waals surface area contributed by atoms with Gasteiger partial charge in [0.25, 0.3) is 0 Å². The van der Waals surface area contributed by atoms with Crippen molar-refractivity contribution >= 4 is 35.8 Å². The highest BCUT2D eigenvalue weighted by molar-refractivity contribution is 14.0. The molecule has 2 heterocycles. The third kappa shape index (κ3) is 8.20. The van der Waals surface area contributed by atoms with Gasteiger partial charge in [0.1, 0.15) is 6.54 Å². The number of ether oxygens (including phenoxy) is 1. The van der Waals surface area contributed by atoms with E-state index in [9.17, 15) is 4.79 Å². The summed E-state index contributed by atoms with van der Waals surface area (Å²) in [5.74, 6) is 0.771. The van der Waals surface area contributed by atoms with Gasteiger partial charge in [-0.1, -0.05) is 19.3 Å². The molecule has 1 aliphatic carbocycles. The fourth-order valence-corrected chi connectivity index (χ4v) is 4.51. The second-order valence-electron chi connectivity index (χ2n) is 8.72. The summed E-state index contributed by atoms with van der Waals surface area (Å²) in [6.07, 6.45) is 11.7. The molecule has 29 heavy (non-hydrogen) atoms. The number of halogens is 1. The Bertz CT molecular complexity index is 511. The Morgan fingerprint density at radius 1 is 1.07 bits per heavy atom. The van der Waals surface area contributed by atoms with Crippen molar-refractivity contribution in [3.63, 3.8) is 0 Å². The van der Waals surface area contributed by atoms with Crippen LogP contribution in [0.2, 0.25) is 0 Å². The van der Waals surface area contributed by atoms with Crippen LogP contribution in [-0.2, 0) is 9.53 Å². The zero-order chi connectivity index (χ0) is 19.8. The van der Waals surface area contributed by atoms with E-state index in [1.165, 1.54) is 32.1 Å². The Labute approximate surface area is 193 Å². The van der Waals surface area contributed by atoms with Crippen molar-refractivity contribution in [2.24, 2.45) is 4.99 Å². The van der Waals surface area contributed by atoms with Crippen LogP contribution in [-0.4, -0.2) is 86.7 Å². The average Bonchev–Trinajstić information content (AvgIpc) is 3.24. The molecule has 1 atom stereocenters. The number of carbonyl (C=O) groups excluding carboxylic acids is 1. The molecule has 0 bridgehead atoms. The van der Waals surface area contributed by atoms with Crippen molar-refractivity contribution in [2.75, 3.05) is 46.9 Å². The van der Waals surface area contributed by atoms with Crippen LogP contribution < -0.4 is 10.6 Å². The molecule has 3 rings (SSSR count). The molecule has 0 aromatic rings. The van der Waals surface area contributed by atoms with E-state index in [-0.39, 0.29) is 42.5 Å². The van der Waals surface area contributed by atoms with Crippen molar-refractivity contribution in [3.8, 4) is 0 Å². The third-order valence-electron chi connectivity index (χ3n) is 6.35. The molecule has 1 unspecified atom stereocenters. The SMILES string of the molecule is CN(C)C(=O)CN=C(NCC1CCCO1)NC1CCN(C2CCCCC2)CC1.I. The van der Waals surface area contributed by atoms with E-state index >= 15 is 0 Å². The van der Waals surface area contributed by atoms with Crippen LogP contribution in [0.25, 0.3) is 0 Å². The summed E-state index contributed by atoms with van der Waals surface area (Å²) in [4.78, 5) is 20.8. The van der Waals surface area contributed by atoms with Gasteiger partial charge >= 0.3 is 0 Å². The van der Waals surface area contributed by atoms with E-state index in [1.807, 2.05) is 0 Å². The van der Waals surface area contributed by atoms with Gasteiger partial charge in [0.2, 0.25) is 5.91 Å². The summed E-state index contributed by atoms with van der Waals surface area (Å²) in [7, 11) is 3.54. The molecule has 3 fully saturated rings. The lowest BCUT2D eigenvalue weighted by Gasteiger charge is -2.39. The summed E-state index contributed by atoms with van der Waals surface area (Å²) in [6, 6.07) is 1.23. The predicted molar refractivity (Wildman–Crippen MR) is 128 cm³/mol. The first-order valence-corrected chi connectivity index (χ1v) is 11.2. The highest BCUT2D eigenvalue weighted by Crippen LogP contribution is 2.25. The summed E-state index contributed by atoms with van der Waals surface area (Å²) in [5.41, 5.74) is 0. The molecule has 2 aliphatic heterocycles. The highest BCUT2D eigenvalue weighted by atomic mass is 127. The van der Waals surface area contributed by atoms with E-state index in [0.717, 1.165) is 63.9 Å². The van der Waals surface area contributed by atoms with E-state index in [0.29, 0.717) is 6.04 Å². The summed E-state index contributed by atoms with van der Waals surface area (Å²) >= 11 is 0. The van der Waals surface area contributed by atoms with E-state index < -0.39 is 0 Å². The van der Waals surface area contributed by atoms with Crippen molar-refractivity contribution in [2.45, 2.75) is 76.0 Å². The number of likely N-dealkylation sites (N-methyl/N-ethyl adjacent to an activating group) is 1. The average molecular weight is 521 g/mol. The molecular formula is C21H40IN5O2.